The lowest BCUT2D eigenvalue weighted by Crippen LogP contribution is -2.31. The van der Waals surface area contributed by atoms with Crippen LogP contribution in [0.2, 0.25) is 5.02 Å². The van der Waals surface area contributed by atoms with Gasteiger partial charge in [-0.25, -0.2) is 0 Å². The summed E-state index contributed by atoms with van der Waals surface area (Å²) in [5, 5.41) is 15.6. The van der Waals surface area contributed by atoms with Gasteiger partial charge in [0.25, 0.3) is 5.91 Å². The van der Waals surface area contributed by atoms with Crippen LogP contribution in [0, 0.1) is 19.8 Å². The smallest absolute Gasteiger partial charge is 0.253 e. The average Bonchev–Trinajstić information content (AvgIpc) is 3.17. The minimum absolute atomic E-state index is 0.130. The average molecular weight is 579 g/mol. The molecule has 7 nitrogen and oxygen atoms in total. The van der Waals surface area contributed by atoms with Crippen molar-refractivity contribution >= 4 is 56.8 Å². The summed E-state index contributed by atoms with van der Waals surface area (Å²) < 4.78 is 2.83. The number of rotatable bonds is 9. The number of benzene rings is 2. The number of anilines is 1. The molecule has 2 N–H and O–H groups in total. The van der Waals surface area contributed by atoms with Gasteiger partial charge in [0.15, 0.2) is 11.0 Å². The van der Waals surface area contributed by atoms with E-state index in [1.165, 1.54) is 11.8 Å². The van der Waals surface area contributed by atoms with Crippen molar-refractivity contribution in [1.82, 2.24) is 20.1 Å². The van der Waals surface area contributed by atoms with E-state index in [1.807, 2.05) is 37.6 Å². The van der Waals surface area contributed by atoms with Crippen molar-refractivity contribution in [3.8, 4) is 0 Å². The number of carbonyl (C=O) groups is 2. The topological polar surface area (TPSA) is 88.9 Å². The number of amides is 2. The summed E-state index contributed by atoms with van der Waals surface area (Å²) in [5.41, 5.74) is 3.30. The Morgan fingerprint density at radius 2 is 1.83 bits per heavy atom. The Bertz CT molecular complexity index is 1230. The number of nitrogens with zero attached hydrogens (tertiary/aromatic N) is 3. The molecule has 1 aromatic heterocycles. The van der Waals surface area contributed by atoms with E-state index in [0.717, 1.165) is 21.3 Å². The van der Waals surface area contributed by atoms with Gasteiger partial charge in [0.05, 0.1) is 22.4 Å². The van der Waals surface area contributed by atoms with E-state index < -0.39 is 0 Å². The van der Waals surface area contributed by atoms with Gasteiger partial charge in [-0.1, -0.05) is 65.3 Å². The maximum absolute atomic E-state index is 12.9. The maximum Gasteiger partial charge on any atom is 0.253 e. The summed E-state index contributed by atoms with van der Waals surface area (Å²) in [6, 6.07) is 10.4. The predicted octanol–water partition coefficient (Wildman–Crippen LogP) is 6.10. The van der Waals surface area contributed by atoms with Gasteiger partial charge in [-0.2, -0.15) is 0 Å². The van der Waals surface area contributed by atoms with E-state index in [2.05, 4.69) is 50.6 Å². The summed E-state index contributed by atoms with van der Waals surface area (Å²) >= 11 is 11.0. The molecule has 0 bridgehead atoms. The van der Waals surface area contributed by atoms with E-state index in [0.29, 0.717) is 33.9 Å². The first-order chi connectivity index (χ1) is 16.6. The molecule has 0 fully saturated rings. The lowest BCUT2D eigenvalue weighted by Gasteiger charge is -2.20. The first kappa shape index (κ1) is 27.2. The van der Waals surface area contributed by atoms with Crippen molar-refractivity contribution in [1.29, 1.82) is 0 Å². The molecule has 0 spiro atoms. The van der Waals surface area contributed by atoms with Crippen LogP contribution in [-0.2, 0) is 11.8 Å². The second-order valence-corrected chi connectivity index (χ2v) is 10.9. The zero-order chi connectivity index (χ0) is 25.7. The first-order valence-corrected chi connectivity index (χ1v) is 13.4. The zero-order valence-corrected chi connectivity index (χ0v) is 23.5. The molecule has 0 unspecified atom stereocenters. The Hall–Kier alpha value is -2.36. The number of hydrogen-bond donors (Lipinski definition) is 2. The van der Waals surface area contributed by atoms with Crippen LogP contribution in [0.4, 0.5) is 5.69 Å². The number of thioether (sulfide) groups is 1. The molecule has 2 amide bonds. The first-order valence-electron chi connectivity index (χ1n) is 11.2. The van der Waals surface area contributed by atoms with Crippen LogP contribution in [-0.4, -0.2) is 32.3 Å². The predicted molar refractivity (Wildman–Crippen MR) is 145 cm³/mol. The van der Waals surface area contributed by atoms with Crippen molar-refractivity contribution in [2.45, 2.75) is 45.3 Å². The molecule has 3 rings (SSSR count). The summed E-state index contributed by atoms with van der Waals surface area (Å²) in [5.74, 6) is 0.721. The molecule has 0 saturated carbocycles. The van der Waals surface area contributed by atoms with Gasteiger partial charge in [-0.15, -0.1) is 10.2 Å². The molecule has 0 aliphatic carbocycles. The Balaban J connectivity index is 1.70. The van der Waals surface area contributed by atoms with Crippen molar-refractivity contribution in [2.24, 2.45) is 13.0 Å². The van der Waals surface area contributed by atoms with Crippen molar-refractivity contribution in [3.05, 3.63) is 68.4 Å². The molecule has 0 aliphatic heterocycles. The maximum atomic E-state index is 12.9. The highest BCUT2D eigenvalue weighted by Crippen LogP contribution is 2.27. The zero-order valence-electron chi connectivity index (χ0n) is 20.4. The monoisotopic (exact) mass is 577 g/mol. The van der Waals surface area contributed by atoms with Crippen LogP contribution < -0.4 is 10.6 Å². The fraction of sp³-hybridized carbons (Fsp3) is 0.360. The number of nitrogens with one attached hydrogen (secondary N) is 2. The van der Waals surface area contributed by atoms with Crippen molar-refractivity contribution in [2.75, 3.05) is 11.1 Å². The van der Waals surface area contributed by atoms with E-state index in [-0.39, 0.29) is 23.6 Å². The normalized spacial score (nSPS) is 12.0. The Kier molecular flexibility index (Phi) is 9.38. The van der Waals surface area contributed by atoms with E-state index in [1.54, 1.807) is 24.3 Å². The molecular weight excluding hydrogens is 550 g/mol. The molecule has 35 heavy (non-hydrogen) atoms. The van der Waals surface area contributed by atoms with Gasteiger partial charge in [-0.3, -0.25) is 9.59 Å². The minimum atomic E-state index is -0.354. The largest absolute Gasteiger partial charge is 0.342 e. The van der Waals surface area contributed by atoms with Crippen LogP contribution in [0.1, 0.15) is 53.6 Å². The van der Waals surface area contributed by atoms with Gasteiger partial charge >= 0.3 is 0 Å². The lowest BCUT2D eigenvalue weighted by atomic mass is 10.0. The fourth-order valence-corrected chi connectivity index (χ4v) is 4.95. The third kappa shape index (κ3) is 6.86. The number of hydrogen-bond acceptors (Lipinski definition) is 5. The second kappa shape index (κ2) is 12.1. The molecule has 0 saturated heterocycles. The van der Waals surface area contributed by atoms with Crippen LogP contribution >= 0.6 is 39.3 Å². The number of halogens is 2. The number of carbonyl (C=O) groups excluding carboxylic acids is 2. The quantitative estimate of drug-likeness (QED) is 0.300. The summed E-state index contributed by atoms with van der Waals surface area (Å²) in [7, 11) is 1.84. The standard InChI is InChI=1S/C25H29BrClN5O2S/c1-14(2)12-21(29-24(34)17-8-6-7-9-19(17)27)23-30-31-25(32(23)5)35-13-22(33)28-20-11-10-18(26)15(3)16(20)4/h6-11,14,21H,12-13H2,1-5H3,(H,28,33)(H,29,34)/t21-/m0/s1. The second-order valence-electron chi connectivity index (χ2n) is 8.72. The number of aromatic nitrogens is 3. The SMILES string of the molecule is Cc1c(Br)ccc(NC(=O)CSc2nnc([C@H](CC(C)C)NC(=O)c3ccccc3Cl)n2C)c1C. The van der Waals surface area contributed by atoms with Crippen molar-refractivity contribution in [3.63, 3.8) is 0 Å². The molecule has 186 valence electrons. The molecule has 3 aromatic rings. The van der Waals surface area contributed by atoms with Crippen molar-refractivity contribution < 1.29 is 9.59 Å². The fourth-order valence-electron chi connectivity index (χ4n) is 3.58. The molecule has 0 aliphatic rings. The van der Waals surface area contributed by atoms with E-state index in [9.17, 15) is 9.59 Å². The Morgan fingerprint density at radius 3 is 2.51 bits per heavy atom. The van der Waals surface area contributed by atoms with E-state index >= 15 is 0 Å². The molecular formula is C25H29BrClN5O2S. The van der Waals surface area contributed by atoms with E-state index in [4.69, 9.17) is 11.6 Å². The third-order valence-electron chi connectivity index (χ3n) is 5.64. The third-order valence-corrected chi connectivity index (χ3v) is 7.85. The van der Waals surface area contributed by atoms with Crippen LogP contribution in [0.5, 0.6) is 0 Å². The van der Waals surface area contributed by atoms with Crippen LogP contribution in [0.15, 0.2) is 46.0 Å². The van der Waals surface area contributed by atoms with Crippen LogP contribution in [0.3, 0.4) is 0 Å². The summed E-state index contributed by atoms with van der Waals surface area (Å²) in [6.45, 7) is 8.14. The molecule has 0 radical (unpaired) electrons. The lowest BCUT2D eigenvalue weighted by molar-refractivity contribution is -0.113. The van der Waals surface area contributed by atoms with Gasteiger partial charge in [0, 0.05) is 17.2 Å². The molecule has 10 heteroatoms. The molecule has 1 atom stereocenters. The molecule has 1 heterocycles. The summed E-state index contributed by atoms with van der Waals surface area (Å²) in [6.07, 6.45) is 0.676. The molecule has 2 aromatic carbocycles. The highest BCUT2D eigenvalue weighted by molar-refractivity contribution is 9.10. The van der Waals surface area contributed by atoms with Crippen LogP contribution in [0.25, 0.3) is 0 Å². The Morgan fingerprint density at radius 1 is 1.11 bits per heavy atom. The highest BCUT2D eigenvalue weighted by atomic mass is 79.9. The minimum Gasteiger partial charge on any atom is -0.342 e. The van der Waals surface area contributed by atoms with Gasteiger partial charge < -0.3 is 15.2 Å². The van der Waals surface area contributed by atoms with Gasteiger partial charge in [0.2, 0.25) is 5.91 Å². The van der Waals surface area contributed by atoms with Gasteiger partial charge in [-0.05, 0) is 61.6 Å². The van der Waals surface area contributed by atoms with Gasteiger partial charge in [0.1, 0.15) is 0 Å². The summed E-state index contributed by atoms with van der Waals surface area (Å²) in [4.78, 5) is 25.5. The Labute approximate surface area is 223 Å². The highest BCUT2D eigenvalue weighted by Gasteiger charge is 2.24.